The molecule has 62 valence electrons. The molecule has 0 saturated carbocycles. The fraction of sp³-hybridized carbons (Fsp3) is 0.875. The maximum atomic E-state index is 8.75. The van der Waals surface area contributed by atoms with Gasteiger partial charge in [-0.05, 0) is 13.8 Å². The van der Waals surface area contributed by atoms with Gasteiger partial charge in [-0.2, -0.15) is 5.26 Å². The molecule has 2 unspecified atom stereocenters. The van der Waals surface area contributed by atoms with Gasteiger partial charge in [0.15, 0.2) is 0 Å². The molecule has 0 spiro atoms. The molecule has 1 heterocycles. The molecular formula is C8H12ClNO. The van der Waals surface area contributed by atoms with Crippen LogP contribution in [0.4, 0.5) is 0 Å². The van der Waals surface area contributed by atoms with Crippen LogP contribution in [0.25, 0.3) is 0 Å². The summed E-state index contributed by atoms with van der Waals surface area (Å²) in [6.45, 7) is 3.90. The van der Waals surface area contributed by atoms with Gasteiger partial charge in [-0.25, -0.2) is 0 Å². The quantitative estimate of drug-likeness (QED) is 0.526. The molecule has 3 heteroatoms. The predicted octanol–water partition coefficient (Wildman–Crippen LogP) is 2.07. The second-order valence-corrected chi connectivity index (χ2v) is 3.97. The zero-order valence-electron chi connectivity index (χ0n) is 6.80. The van der Waals surface area contributed by atoms with Gasteiger partial charge in [-0.3, -0.25) is 0 Å². The van der Waals surface area contributed by atoms with E-state index in [9.17, 15) is 0 Å². The molecule has 0 bridgehead atoms. The first-order chi connectivity index (χ1) is 5.06. The molecule has 11 heavy (non-hydrogen) atoms. The van der Waals surface area contributed by atoms with E-state index in [4.69, 9.17) is 21.6 Å². The summed E-state index contributed by atoms with van der Waals surface area (Å²) in [5.41, 5.74) is 0. The number of ether oxygens (including phenoxy) is 1. The summed E-state index contributed by atoms with van der Waals surface area (Å²) in [7, 11) is 0. The average molecular weight is 174 g/mol. The highest BCUT2D eigenvalue weighted by Crippen LogP contribution is 2.33. The molecule has 1 aliphatic heterocycles. The molecule has 1 rings (SSSR count). The van der Waals surface area contributed by atoms with E-state index >= 15 is 0 Å². The highest BCUT2D eigenvalue weighted by Gasteiger charge is 2.36. The number of nitriles is 1. The van der Waals surface area contributed by atoms with Crippen molar-refractivity contribution in [1.82, 2.24) is 0 Å². The van der Waals surface area contributed by atoms with Gasteiger partial charge in [0.05, 0.1) is 18.3 Å². The Bertz CT molecular complexity index is 177. The van der Waals surface area contributed by atoms with Crippen molar-refractivity contribution in [3.05, 3.63) is 0 Å². The molecule has 2 nitrogen and oxygen atoms in total. The van der Waals surface area contributed by atoms with Crippen LogP contribution in [-0.4, -0.2) is 17.1 Å². The second kappa shape index (κ2) is 3.00. The first kappa shape index (κ1) is 8.83. The average Bonchev–Trinajstić information content (AvgIpc) is 1.84. The van der Waals surface area contributed by atoms with Crippen LogP contribution in [0, 0.1) is 11.3 Å². The minimum absolute atomic E-state index is 0.107. The smallest absolute Gasteiger partial charge is 0.136 e. The van der Waals surface area contributed by atoms with Crippen molar-refractivity contribution >= 4 is 11.6 Å². The summed E-state index contributed by atoms with van der Waals surface area (Å²) >= 11 is 6.01. The number of alkyl halides is 1. The first-order valence-corrected chi connectivity index (χ1v) is 4.19. The highest BCUT2D eigenvalue weighted by atomic mass is 35.5. The Labute approximate surface area is 72.1 Å². The van der Waals surface area contributed by atoms with Crippen molar-refractivity contribution < 1.29 is 4.74 Å². The number of halogens is 1. The summed E-state index contributed by atoms with van der Waals surface area (Å²) in [4.78, 5) is -0.683. The van der Waals surface area contributed by atoms with E-state index in [0.29, 0.717) is 12.8 Å². The van der Waals surface area contributed by atoms with Crippen LogP contribution in [0.15, 0.2) is 0 Å². The minimum atomic E-state index is -0.683. The van der Waals surface area contributed by atoms with Gasteiger partial charge in [-0.1, -0.05) is 0 Å². The number of rotatable bonds is 0. The molecule has 0 radical (unpaired) electrons. The normalized spacial score (nSPS) is 44.9. The van der Waals surface area contributed by atoms with Crippen LogP contribution in [0.2, 0.25) is 0 Å². The molecule has 2 atom stereocenters. The summed E-state index contributed by atoms with van der Waals surface area (Å²) < 4.78 is 5.45. The molecule has 0 amide bonds. The van der Waals surface area contributed by atoms with Gasteiger partial charge in [0, 0.05) is 12.8 Å². The van der Waals surface area contributed by atoms with Crippen molar-refractivity contribution in [2.75, 3.05) is 0 Å². The molecule has 1 aliphatic rings. The Morgan fingerprint density at radius 3 is 2.27 bits per heavy atom. The fourth-order valence-corrected chi connectivity index (χ4v) is 2.01. The molecule has 0 aliphatic carbocycles. The van der Waals surface area contributed by atoms with E-state index in [1.165, 1.54) is 0 Å². The SMILES string of the molecule is CC1CC(Cl)(C#N)CC(C)O1. The van der Waals surface area contributed by atoms with Crippen LogP contribution in [0.5, 0.6) is 0 Å². The van der Waals surface area contributed by atoms with E-state index in [2.05, 4.69) is 6.07 Å². The van der Waals surface area contributed by atoms with Crippen LogP contribution in [0.3, 0.4) is 0 Å². The summed E-state index contributed by atoms with van der Waals surface area (Å²) in [6.07, 6.45) is 1.48. The van der Waals surface area contributed by atoms with Gasteiger partial charge < -0.3 is 4.74 Å². The lowest BCUT2D eigenvalue weighted by molar-refractivity contribution is -0.0366. The van der Waals surface area contributed by atoms with Crippen LogP contribution in [0.1, 0.15) is 26.7 Å². The van der Waals surface area contributed by atoms with Gasteiger partial charge in [0.1, 0.15) is 4.87 Å². The Morgan fingerprint density at radius 2 is 1.91 bits per heavy atom. The van der Waals surface area contributed by atoms with Gasteiger partial charge in [-0.15, -0.1) is 11.6 Å². The summed E-state index contributed by atoms with van der Waals surface area (Å²) in [5, 5.41) is 8.75. The lowest BCUT2D eigenvalue weighted by Crippen LogP contribution is -2.38. The third kappa shape index (κ3) is 2.08. The maximum absolute atomic E-state index is 8.75. The lowest BCUT2D eigenvalue weighted by atomic mass is 9.93. The Balaban J connectivity index is 2.64. The molecule has 1 fully saturated rings. The van der Waals surface area contributed by atoms with Crippen molar-refractivity contribution in [3.8, 4) is 6.07 Å². The zero-order valence-corrected chi connectivity index (χ0v) is 7.56. The van der Waals surface area contributed by atoms with Gasteiger partial charge >= 0.3 is 0 Å². The molecule has 1 saturated heterocycles. The van der Waals surface area contributed by atoms with Crippen molar-refractivity contribution in [1.29, 1.82) is 5.26 Å². The summed E-state index contributed by atoms with van der Waals surface area (Å²) in [5.74, 6) is 0. The van der Waals surface area contributed by atoms with E-state index in [-0.39, 0.29) is 12.2 Å². The number of hydrogen-bond acceptors (Lipinski definition) is 2. The van der Waals surface area contributed by atoms with Crippen LogP contribution >= 0.6 is 11.6 Å². The Hall–Kier alpha value is -0.260. The molecular weight excluding hydrogens is 162 g/mol. The third-order valence-corrected chi connectivity index (χ3v) is 2.28. The minimum Gasteiger partial charge on any atom is -0.375 e. The predicted molar refractivity (Wildman–Crippen MR) is 43.4 cm³/mol. The Kier molecular flexibility index (Phi) is 2.41. The van der Waals surface area contributed by atoms with E-state index in [1.807, 2.05) is 13.8 Å². The maximum Gasteiger partial charge on any atom is 0.136 e. The van der Waals surface area contributed by atoms with Gasteiger partial charge in [0.25, 0.3) is 0 Å². The van der Waals surface area contributed by atoms with E-state index in [1.54, 1.807) is 0 Å². The number of nitrogens with zero attached hydrogens (tertiary/aromatic N) is 1. The van der Waals surface area contributed by atoms with E-state index in [0.717, 1.165) is 0 Å². The zero-order chi connectivity index (χ0) is 8.48. The first-order valence-electron chi connectivity index (χ1n) is 3.81. The van der Waals surface area contributed by atoms with Crippen LogP contribution in [-0.2, 0) is 4.74 Å². The molecule has 0 N–H and O–H groups in total. The second-order valence-electron chi connectivity index (χ2n) is 3.24. The monoisotopic (exact) mass is 173 g/mol. The molecule has 0 aromatic carbocycles. The third-order valence-electron chi connectivity index (χ3n) is 1.89. The molecule has 0 aromatic rings. The number of hydrogen-bond donors (Lipinski definition) is 0. The highest BCUT2D eigenvalue weighted by molar-refractivity contribution is 6.25. The van der Waals surface area contributed by atoms with Gasteiger partial charge in [0.2, 0.25) is 0 Å². The van der Waals surface area contributed by atoms with Crippen molar-refractivity contribution in [2.24, 2.45) is 0 Å². The fourth-order valence-electron chi connectivity index (χ4n) is 1.58. The lowest BCUT2D eigenvalue weighted by Gasteiger charge is -2.33. The molecule has 0 aromatic heterocycles. The topological polar surface area (TPSA) is 33.0 Å². The van der Waals surface area contributed by atoms with E-state index < -0.39 is 4.87 Å². The van der Waals surface area contributed by atoms with Crippen molar-refractivity contribution in [3.63, 3.8) is 0 Å². The summed E-state index contributed by atoms with van der Waals surface area (Å²) in [6, 6.07) is 2.13. The van der Waals surface area contributed by atoms with Crippen molar-refractivity contribution in [2.45, 2.75) is 43.8 Å². The standard InChI is InChI=1S/C8H12ClNO/c1-6-3-8(9,5-10)4-7(2)11-6/h6-7H,3-4H2,1-2H3. The largest absolute Gasteiger partial charge is 0.375 e. The van der Waals surface area contributed by atoms with Crippen LogP contribution < -0.4 is 0 Å². The Morgan fingerprint density at radius 1 is 1.45 bits per heavy atom.